The lowest BCUT2D eigenvalue weighted by Gasteiger charge is -2.13. The molecule has 2 amide bonds. The highest BCUT2D eigenvalue weighted by molar-refractivity contribution is 5.92. The quantitative estimate of drug-likeness (QED) is 0.704. The van der Waals surface area contributed by atoms with Crippen LogP contribution in [0.25, 0.3) is 0 Å². The molecular weight excluding hydrogens is 328 g/mol. The molecule has 2 aliphatic carbocycles. The van der Waals surface area contributed by atoms with Gasteiger partial charge in [-0.2, -0.15) is 0 Å². The van der Waals surface area contributed by atoms with Crippen molar-refractivity contribution in [3.8, 4) is 5.75 Å². The van der Waals surface area contributed by atoms with Gasteiger partial charge >= 0.3 is 0 Å². The van der Waals surface area contributed by atoms with Gasteiger partial charge in [0.25, 0.3) is 0 Å². The van der Waals surface area contributed by atoms with Crippen molar-refractivity contribution in [1.29, 1.82) is 0 Å². The van der Waals surface area contributed by atoms with E-state index in [1.807, 2.05) is 24.3 Å². The normalized spacial score (nSPS) is 21.5. The first-order chi connectivity index (χ1) is 12.7. The molecule has 1 aromatic carbocycles. The van der Waals surface area contributed by atoms with E-state index in [2.05, 4.69) is 16.7 Å². The SMILES string of the molecule is COc1ccc(CNC(=O)C2CC2C(=O)NCCC2=CCCCC2)cc1. The molecule has 2 atom stereocenters. The Hall–Kier alpha value is -2.30. The van der Waals surface area contributed by atoms with Crippen LogP contribution < -0.4 is 15.4 Å². The van der Waals surface area contributed by atoms with E-state index in [-0.39, 0.29) is 23.7 Å². The number of rotatable bonds is 8. The van der Waals surface area contributed by atoms with E-state index in [4.69, 9.17) is 4.74 Å². The van der Waals surface area contributed by atoms with Crippen LogP contribution in [0.1, 0.15) is 44.1 Å². The monoisotopic (exact) mass is 356 g/mol. The fourth-order valence-electron chi connectivity index (χ4n) is 3.45. The van der Waals surface area contributed by atoms with E-state index in [1.54, 1.807) is 7.11 Å². The van der Waals surface area contributed by atoms with E-state index >= 15 is 0 Å². The first kappa shape index (κ1) is 18.5. The lowest BCUT2D eigenvalue weighted by Crippen LogP contribution is -2.30. The summed E-state index contributed by atoms with van der Waals surface area (Å²) in [5.74, 6) is 0.443. The number of benzene rings is 1. The molecule has 2 aliphatic rings. The Labute approximate surface area is 155 Å². The summed E-state index contributed by atoms with van der Waals surface area (Å²) < 4.78 is 5.12. The summed E-state index contributed by atoms with van der Waals surface area (Å²) in [6.07, 6.45) is 8.78. The number of amides is 2. The Bertz CT molecular complexity index is 666. The van der Waals surface area contributed by atoms with Crippen molar-refractivity contribution in [3.63, 3.8) is 0 Å². The lowest BCUT2D eigenvalue weighted by molar-refractivity contribution is -0.127. The zero-order valence-electron chi connectivity index (χ0n) is 15.4. The molecule has 0 aromatic heterocycles. The smallest absolute Gasteiger partial charge is 0.224 e. The van der Waals surface area contributed by atoms with Gasteiger partial charge in [0.2, 0.25) is 11.8 Å². The number of nitrogens with one attached hydrogen (secondary N) is 2. The van der Waals surface area contributed by atoms with Crippen LogP contribution in [0.5, 0.6) is 5.75 Å². The zero-order valence-corrected chi connectivity index (χ0v) is 15.4. The topological polar surface area (TPSA) is 67.4 Å². The van der Waals surface area contributed by atoms with E-state index in [9.17, 15) is 9.59 Å². The number of hydrogen-bond donors (Lipinski definition) is 2. The van der Waals surface area contributed by atoms with Gasteiger partial charge in [-0.05, 0) is 56.2 Å². The van der Waals surface area contributed by atoms with Crippen LogP contribution in [-0.2, 0) is 16.1 Å². The molecular formula is C21H28N2O3. The second-order valence-electron chi connectivity index (χ2n) is 7.16. The molecule has 0 spiro atoms. The highest BCUT2D eigenvalue weighted by Gasteiger charge is 2.47. The van der Waals surface area contributed by atoms with Crippen LogP contribution in [0, 0.1) is 11.8 Å². The van der Waals surface area contributed by atoms with Gasteiger partial charge in [-0.15, -0.1) is 0 Å². The Morgan fingerprint density at radius 1 is 1.08 bits per heavy atom. The van der Waals surface area contributed by atoms with Gasteiger partial charge < -0.3 is 15.4 Å². The summed E-state index contributed by atoms with van der Waals surface area (Å²) >= 11 is 0. The van der Waals surface area contributed by atoms with Crippen molar-refractivity contribution in [2.45, 2.75) is 45.1 Å². The molecule has 140 valence electrons. The third kappa shape index (κ3) is 5.10. The molecule has 1 aromatic rings. The summed E-state index contributed by atoms with van der Waals surface area (Å²) in [5, 5.41) is 5.91. The maximum absolute atomic E-state index is 12.2. The maximum atomic E-state index is 12.2. The largest absolute Gasteiger partial charge is 0.497 e. The van der Waals surface area contributed by atoms with Crippen LogP contribution in [0.3, 0.4) is 0 Å². The maximum Gasteiger partial charge on any atom is 0.224 e. The molecule has 0 radical (unpaired) electrons. The third-order valence-electron chi connectivity index (χ3n) is 5.22. The minimum atomic E-state index is -0.179. The minimum Gasteiger partial charge on any atom is -0.497 e. The highest BCUT2D eigenvalue weighted by atomic mass is 16.5. The summed E-state index contributed by atoms with van der Waals surface area (Å²) in [7, 11) is 1.63. The summed E-state index contributed by atoms with van der Waals surface area (Å²) in [6.45, 7) is 1.16. The van der Waals surface area contributed by atoms with Gasteiger partial charge in [0, 0.05) is 13.1 Å². The third-order valence-corrected chi connectivity index (χ3v) is 5.22. The van der Waals surface area contributed by atoms with Gasteiger partial charge in [0.05, 0.1) is 18.9 Å². The molecule has 0 saturated heterocycles. The second-order valence-corrected chi connectivity index (χ2v) is 7.16. The van der Waals surface area contributed by atoms with Crippen molar-refractivity contribution in [3.05, 3.63) is 41.5 Å². The average molecular weight is 356 g/mol. The molecule has 0 heterocycles. The van der Waals surface area contributed by atoms with Gasteiger partial charge in [0.1, 0.15) is 5.75 Å². The van der Waals surface area contributed by atoms with Crippen LogP contribution in [0.15, 0.2) is 35.9 Å². The predicted molar refractivity (Wildman–Crippen MR) is 101 cm³/mol. The lowest BCUT2D eigenvalue weighted by atomic mass is 9.97. The van der Waals surface area contributed by atoms with Gasteiger partial charge in [-0.3, -0.25) is 9.59 Å². The molecule has 2 unspecified atom stereocenters. The van der Waals surface area contributed by atoms with Gasteiger partial charge in [-0.25, -0.2) is 0 Å². The fraction of sp³-hybridized carbons (Fsp3) is 0.524. The number of carbonyl (C=O) groups excluding carboxylic acids is 2. The Morgan fingerprint density at radius 2 is 1.81 bits per heavy atom. The van der Waals surface area contributed by atoms with E-state index < -0.39 is 0 Å². The molecule has 0 aliphatic heterocycles. The van der Waals surface area contributed by atoms with Gasteiger partial charge in [0.15, 0.2) is 0 Å². The first-order valence-electron chi connectivity index (χ1n) is 9.53. The summed E-state index contributed by atoms with van der Waals surface area (Å²) in [4.78, 5) is 24.4. The van der Waals surface area contributed by atoms with Crippen molar-refractivity contribution >= 4 is 11.8 Å². The number of carbonyl (C=O) groups is 2. The minimum absolute atomic E-state index is 0.0195. The number of hydrogen-bond acceptors (Lipinski definition) is 3. The van der Waals surface area contributed by atoms with Crippen LogP contribution >= 0.6 is 0 Å². The standard InChI is InChI=1S/C21H28N2O3/c1-26-17-9-7-16(8-10-17)14-23-21(25)19-13-18(19)20(24)22-12-11-15-5-3-2-4-6-15/h5,7-10,18-19H,2-4,6,11-14H2,1H3,(H,22,24)(H,23,25). The van der Waals surface area contributed by atoms with Crippen LogP contribution in [0.2, 0.25) is 0 Å². The van der Waals surface area contributed by atoms with E-state index in [1.165, 1.54) is 24.8 Å². The van der Waals surface area contributed by atoms with Crippen molar-refractivity contribution in [1.82, 2.24) is 10.6 Å². The molecule has 1 fully saturated rings. The molecule has 5 nitrogen and oxygen atoms in total. The fourth-order valence-corrected chi connectivity index (χ4v) is 3.45. The van der Waals surface area contributed by atoms with E-state index in [0.29, 0.717) is 19.5 Å². The zero-order chi connectivity index (χ0) is 18.4. The first-order valence-corrected chi connectivity index (χ1v) is 9.53. The number of methoxy groups -OCH3 is 1. The summed E-state index contributed by atoms with van der Waals surface area (Å²) in [6, 6.07) is 7.60. The average Bonchev–Trinajstić information content (AvgIpc) is 3.48. The number of ether oxygens (including phenoxy) is 1. The van der Waals surface area contributed by atoms with Crippen molar-refractivity contribution < 1.29 is 14.3 Å². The summed E-state index contributed by atoms with van der Waals surface area (Å²) in [5.41, 5.74) is 2.47. The van der Waals surface area contributed by atoms with Crippen LogP contribution in [-0.4, -0.2) is 25.5 Å². The molecule has 2 N–H and O–H groups in total. The Kier molecular flexibility index (Phi) is 6.31. The van der Waals surface area contributed by atoms with Crippen molar-refractivity contribution in [2.24, 2.45) is 11.8 Å². The van der Waals surface area contributed by atoms with Crippen LogP contribution in [0.4, 0.5) is 0 Å². The number of allylic oxidation sites excluding steroid dienone is 1. The molecule has 0 bridgehead atoms. The Morgan fingerprint density at radius 3 is 2.46 bits per heavy atom. The van der Waals surface area contributed by atoms with Gasteiger partial charge in [-0.1, -0.05) is 23.8 Å². The molecule has 1 saturated carbocycles. The predicted octanol–water partition coefficient (Wildman–Crippen LogP) is 2.95. The Balaban J connectivity index is 1.34. The highest BCUT2D eigenvalue weighted by Crippen LogP contribution is 2.38. The van der Waals surface area contributed by atoms with E-state index in [0.717, 1.165) is 24.2 Å². The molecule has 26 heavy (non-hydrogen) atoms. The second kappa shape index (κ2) is 8.88. The molecule has 5 heteroatoms. The molecule has 3 rings (SSSR count). The van der Waals surface area contributed by atoms with Crippen molar-refractivity contribution in [2.75, 3.05) is 13.7 Å².